The van der Waals surface area contributed by atoms with Gasteiger partial charge in [0, 0.05) is 19.3 Å². The van der Waals surface area contributed by atoms with E-state index < -0.39 is 55.1 Å². The number of carbonyl (C=O) groups excluding carboxylic acids is 4. The van der Waals surface area contributed by atoms with Crippen molar-refractivity contribution < 1.29 is 52.3 Å². The first-order chi connectivity index (χ1) is 15.9. The first-order valence-electron chi connectivity index (χ1n) is 11.6. The Morgan fingerprint density at radius 2 is 1.09 bits per heavy atom. The molecule has 0 saturated carbocycles. The lowest BCUT2D eigenvalue weighted by Crippen LogP contribution is -2.36. The lowest BCUT2D eigenvalue weighted by atomic mass is 9.95. The van der Waals surface area contributed by atoms with Gasteiger partial charge in [0.25, 0.3) is 0 Å². The number of ether oxygens (including phenoxy) is 7. The highest BCUT2D eigenvalue weighted by Crippen LogP contribution is 2.32. The molecule has 0 aromatic rings. The second kappa shape index (κ2) is 11.9. The van der Waals surface area contributed by atoms with E-state index in [1.54, 1.807) is 0 Å². The summed E-state index contributed by atoms with van der Waals surface area (Å²) < 4.78 is 36.1. The Labute approximate surface area is 192 Å². The minimum Gasteiger partial charge on any atom is -0.469 e. The molecule has 0 radical (unpaired) electrons. The molecule has 0 bridgehead atoms. The fraction of sp³-hybridized carbons (Fsp3) is 0.818. The summed E-state index contributed by atoms with van der Waals surface area (Å²) in [5, 5.41) is 0. The minimum absolute atomic E-state index is 0.202. The zero-order valence-corrected chi connectivity index (χ0v) is 19.0. The number of cyclic esters (lactones) is 6. The molecule has 0 aromatic carbocycles. The van der Waals surface area contributed by atoms with E-state index in [0.29, 0.717) is 19.3 Å². The average Bonchev–Trinajstić information content (AvgIpc) is 3.43. The summed E-state index contributed by atoms with van der Waals surface area (Å²) >= 11 is 0. The van der Waals surface area contributed by atoms with E-state index in [4.69, 9.17) is 28.4 Å². The van der Waals surface area contributed by atoms with Crippen molar-refractivity contribution >= 4 is 24.4 Å². The summed E-state index contributed by atoms with van der Waals surface area (Å²) in [6.07, 6.45) is 0.927. The quantitative estimate of drug-likeness (QED) is 0.220. The molecule has 6 unspecified atom stereocenters. The third-order valence-electron chi connectivity index (χ3n) is 6.16. The molecule has 0 spiro atoms. The van der Waals surface area contributed by atoms with E-state index in [1.807, 2.05) is 6.92 Å². The smallest absolute Gasteiger partial charge is 0.469 e. The fourth-order valence-electron chi connectivity index (χ4n) is 4.38. The maximum Gasteiger partial charge on any atom is 0.509 e. The standard InChI is InChI=1S/C22H32O11/c1-3-13-15(30-20(24)28-13)11-17-18(33-22(26)32-17)12-16-14(29-21(25)31-16)9-7-5-4-6-8-10-19(23)27-2/h13-18H,3-12H2,1-2H3. The van der Waals surface area contributed by atoms with Crippen LogP contribution in [0.1, 0.15) is 71.1 Å². The average molecular weight is 472 g/mol. The molecule has 0 aromatic heterocycles. The normalized spacial score (nSPS) is 30.7. The summed E-state index contributed by atoms with van der Waals surface area (Å²) in [4.78, 5) is 46.1. The van der Waals surface area contributed by atoms with Gasteiger partial charge in [-0.15, -0.1) is 0 Å². The van der Waals surface area contributed by atoms with Crippen molar-refractivity contribution in [1.29, 1.82) is 0 Å². The topological polar surface area (TPSA) is 133 Å². The largest absolute Gasteiger partial charge is 0.509 e. The summed E-state index contributed by atoms with van der Waals surface area (Å²) in [5.74, 6) is -0.202. The first-order valence-corrected chi connectivity index (χ1v) is 11.6. The van der Waals surface area contributed by atoms with E-state index in [1.165, 1.54) is 7.11 Å². The van der Waals surface area contributed by atoms with Crippen LogP contribution in [0.3, 0.4) is 0 Å². The van der Waals surface area contributed by atoms with Crippen LogP contribution in [-0.2, 0) is 38.0 Å². The van der Waals surface area contributed by atoms with Crippen molar-refractivity contribution in [2.45, 2.75) is 108 Å². The predicted octanol–water partition coefficient (Wildman–Crippen LogP) is 3.79. The van der Waals surface area contributed by atoms with Crippen LogP contribution in [0.15, 0.2) is 0 Å². The zero-order chi connectivity index (χ0) is 23.8. The molecule has 3 aliphatic rings. The van der Waals surface area contributed by atoms with Crippen LogP contribution in [0.4, 0.5) is 14.4 Å². The van der Waals surface area contributed by atoms with Gasteiger partial charge >= 0.3 is 24.4 Å². The van der Waals surface area contributed by atoms with Gasteiger partial charge in [-0.3, -0.25) is 4.79 Å². The van der Waals surface area contributed by atoms with Crippen molar-refractivity contribution in [2.75, 3.05) is 7.11 Å². The molecule has 0 aliphatic carbocycles. The number of unbranched alkanes of at least 4 members (excludes halogenated alkanes) is 4. The molecule has 33 heavy (non-hydrogen) atoms. The molecular weight excluding hydrogens is 440 g/mol. The summed E-state index contributed by atoms with van der Waals surface area (Å²) in [6, 6.07) is 0. The summed E-state index contributed by atoms with van der Waals surface area (Å²) in [6.45, 7) is 1.87. The highest BCUT2D eigenvalue weighted by atomic mass is 16.8. The van der Waals surface area contributed by atoms with E-state index >= 15 is 0 Å². The number of esters is 1. The van der Waals surface area contributed by atoms with Gasteiger partial charge in [0.1, 0.15) is 36.6 Å². The van der Waals surface area contributed by atoms with Gasteiger partial charge in [-0.25, -0.2) is 14.4 Å². The van der Waals surface area contributed by atoms with Gasteiger partial charge in [0.15, 0.2) is 0 Å². The molecule has 11 heteroatoms. The van der Waals surface area contributed by atoms with Crippen LogP contribution in [0.5, 0.6) is 0 Å². The van der Waals surface area contributed by atoms with Crippen LogP contribution in [0.25, 0.3) is 0 Å². The number of rotatable bonds is 13. The van der Waals surface area contributed by atoms with Gasteiger partial charge in [0.2, 0.25) is 0 Å². The van der Waals surface area contributed by atoms with Crippen molar-refractivity contribution in [2.24, 2.45) is 0 Å². The van der Waals surface area contributed by atoms with E-state index in [0.717, 1.165) is 32.1 Å². The Morgan fingerprint density at radius 1 is 0.667 bits per heavy atom. The maximum absolute atomic E-state index is 11.8. The van der Waals surface area contributed by atoms with Crippen LogP contribution in [0.2, 0.25) is 0 Å². The molecule has 3 rings (SSSR count). The predicted molar refractivity (Wildman–Crippen MR) is 109 cm³/mol. The maximum atomic E-state index is 11.8. The third-order valence-corrected chi connectivity index (χ3v) is 6.16. The highest BCUT2D eigenvalue weighted by Gasteiger charge is 2.47. The van der Waals surface area contributed by atoms with Crippen molar-refractivity contribution in [3.05, 3.63) is 0 Å². The Bertz CT molecular complexity index is 708. The molecule has 186 valence electrons. The van der Waals surface area contributed by atoms with E-state index in [2.05, 4.69) is 4.74 Å². The van der Waals surface area contributed by atoms with Crippen LogP contribution in [0, 0.1) is 0 Å². The fourth-order valence-corrected chi connectivity index (χ4v) is 4.38. The van der Waals surface area contributed by atoms with Gasteiger partial charge in [-0.2, -0.15) is 0 Å². The minimum atomic E-state index is -0.808. The van der Waals surface area contributed by atoms with Crippen LogP contribution >= 0.6 is 0 Å². The summed E-state index contributed by atoms with van der Waals surface area (Å²) in [7, 11) is 1.38. The van der Waals surface area contributed by atoms with Gasteiger partial charge < -0.3 is 33.2 Å². The van der Waals surface area contributed by atoms with Gasteiger partial charge in [0.05, 0.1) is 7.11 Å². The molecule has 3 fully saturated rings. The summed E-state index contributed by atoms with van der Waals surface area (Å²) in [5.41, 5.74) is 0. The first kappa shape index (κ1) is 24.9. The van der Waals surface area contributed by atoms with Crippen LogP contribution in [-0.4, -0.2) is 68.2 Å². The Kier molecular flexibility index (Phi) is 9.02. The molecule has 0 N–H and O–H groups in total. The lowest BCUT2D eigenvalue weighted by molar-refractivity contribution is -0.140. The SMILES string of the molecule is CCC1OC(=O)OC1CC1OC(=O)OC1CC1OC(=O)OC1CCCCCCCC(=O)OC. The second-order valence-electron chi connectivity index (χ2n) is 8.45. The van der Waals surface area contributed by atoms with Crippen molar-refractivity contribution in [3.63, 3.8) is 0 Å². The molecule has 3 aliphatic heterocycles. The Hall–Kier alpha value is -2.72. The van der Waals surface area contributed by atoms with Crippen molar-refractivity contribution in [1.82, 2.24) is 0 Å². The molecule has 3 heterocycles. The van der Waals surface area contributed by atoms with Crippen LogP contribution < -0.4 is 0 Å². The second-order valence-corrected chi connectivity index (χ2v) is 8.45. The Morgan fingerprint density at radius 3 is 1.64 bits per heavy atom. The van der Waals surface area contributed by atoms with E-state index in [-0.39, 0.29) is 18.8 Å². The molecule has 6 atom stereocenters. The Balaban J connectivity index is 1.44. The highest BCUT2D eigenvalue weighted by molar-refractivity contribution is 5.69. The zero-order valence-electron chi connectivity index (χ0n) is 19.0. The van der Waals surface area contributed by atoms with Gasteiger partial charge in [-0.05, 0) is 25.7 Å². The number of carbonyl (C=O) groups is 4. The van der Waals surface area contributed by atoms with Gasteiger partial charge in [-0.1, -0.05) is 26.2 Å². The molecule has 11 nitrogen and oxygen atoms in total. The third kappa shape index (κ3) is 7.13. The monoisotopic (exact) mass is 472 g/mol. The van der Waals surface area contributed by atoms with Crippen molar-refractivity contribution in [3.8, 4) is 0 Å². The molecular formula is C22H32O11. The lowest BCUT2D eigenvalue weighted by Gasteiger charge is -2.22. The molecule has 0 amide bonds. The molecule has 3 saturated heterocycles. The number of methoxy groups -OCH3 is 1. The van der Waals surface area contributed by atoms with E-state index in [9.17, 15) is 19.2 Å². The number of hydrogen-bond acceptors (Lipinski definition) is 11. The number of hydrogen-bond donors (Lipinski definition) is 0.